The number of nitrogens with one attached hydrogen (secondary N) is 1. The first-order valence-corrected chi connectivity index (χ1v) is 8.86. The van der Waals surface area contributed by atoms with Crippen LogP contribution in [0.3, 0.4) is 0 Å². The molecule has 3 rings (SSSR count). The predicted octanol–water partition coefficient (Wildman–Crippen LogP) is 5.18. The maximum absolute atomic E-state index is 4.61. The van der Waals surface area contributed by atoms with Crippen molar-refractivity contribution in [2.24, 2.45) is 0 Å². The largest absolute Gasteiger partial charge is 0.308 e. The number of nitrogens with zero attached hydrogens (tertiary/aromatic N) is 1. The molecule has 2 nitrogen and oxygen atoms in total. The van der Waals surface area contributed by atoms with E-state index in [2.05, 4.69) is 72.5 Å². The zero-order valence-electron chi connectivity index (χ0n) is 11.9. The highest BCUT2D eigenvalue weighted by Crippen LogP contribution is 2.41. The molecule has 0 saturated heterocycles. The second kappa shape index (κ2) is 6.59. The van der Waals surface area contributed by atoms with Crippen LogP contribution in [0.4, 0.5) is 0 Å². The number of rotatable bonds is 4. The summed E-state index contributed by atoms with van der Waals surface area (Å²) in [6, 6.07) is 10.9. The predicted molar refractivity (Wildman–Crippen MR) is 93.6 cm³/mol. The van der Waals surface area contributed by atoms with Gasteiger partial charge in [-0.3, -0.25) is 4.98 Å². The van der Waals surface area contributed by atoms with Crippen molar-refractivity contribution < 1.29 is 0 Å². The maximum Gasteiger partial charge on any atom is 0.0763 e. The van der Waals surface area contributed by atoms with E-state index in [0.29, 0.717) is 5.92 Å². The van der Waals surface area contributed by atoms with Crippen LogP contribution in [0.2, 0.25) is 0 Å². The molecule has 0 bridgehead atoms. The summed E-state index contributed by atoms with van der Waals surface area (Å²) in [5.41, 5.74) is 3.85. The molecule has 0 radical (unpaired) electrons. The Bertz CT molecular complexity index is 638. The SMILES string of the molecule is CNC(c1ccccc1C1CCC1)c1ncc(Br)cc1Br. The minimum Gasteiger partial charge on any atom is -0.308 e. The summed E-state index contributed by atoms with van der Waals surface area (Å²) in [4.78, 5) is 4.61. The molecule has 0 aliphatic heterocycles. The molecular formula is C17H18Br2N2. The molecule has 0 spiro atoms. The average molecular weight is 410 g/mol. The number of hydrogen-bond acceptors (Lipinski definition) is 2. The Morgan fingerprint density at radius 3 is 2.62 bits per heavy atom. The van der Waals surface area contributed by atoms with Crippen molar-refractivity contribution in [2.75, 3.05) is 7.05 Å². The molecule has 21 heavy (non-hydrogen) atoms. The lowest BCUT2D eigenvalue weighted by atomic mass is 9.77. The van der Waals surface area contributed by atoms with E-state index in [1.807, 2.05) is 13.2 Å². The third-order valence-corrected chi connectivity index (χ3v) is 5.32. The third-order valence-electron chi connectivity index (χ3n) is 4.25. The first-order chi connectivity index (χ1) is 10.2. The second-order valence-corrected chi connectivity index (χ2v) is 7.27. The van der Waals surface area contributed by atoms with Crippen LogP contribution in [0.5, 0.6) is 0 Å². The third kappa shape index (κ3) is 3.08. The van der Waals surface area contributed by atoms with Crippen molar-refractivity contribution in [2.45, 2.75) is 31.2 Å². The Labute approximate surface area is 142 Å². The monoisotopic (exact) mass is 408 g/mol. The Hall–Kier alpha value is -0.710. The summed E-state index contributed by atoms with van der Waals surface area (Å²) in [5.74, 6) is 0.714. The smallest absolute Gasteiger partial charge is 0.0763 e. The Morgan fingerprint density at radius 2 is 2.00 bits per heavy atom. The Balaban J connectivity index is 2.03. The molecule has 1 N–H and O–H groups in total. The molecule has 1 saturated carbocycles. The highest BCUT2D eigenvalue weighted by molar-refractivity contribution is 9.11. The van der Waals surface area contributed by atoms with Crippen molar-refractivity contribution in [3.05, 3.63) is 62.3 Å². The zero-order chi connectivity index (χ0) is 14.8. The highest BCUT2D eigenvalue weighted by Gasteiger charge is 2.26. The molecule has 0 amide bonds. The molecule has 1 aliphatic rings. The van der Waals surface area contributed by atoms with Gasteiger partial charge in [0.05, 0.1) is 11.7 Å². The lowest BCUT2D eigenvalue weighted by molar-refractivity contribution is 0.414. The fourth-order valence-electron chi connectivity index (χ4n) is 2.94. The van der Waals surface area contributed by atoms with Gasteiger partial charge in [0.2, 0.25) is 0 Å². The summed E-state index contributed by atoms with van der Waals surface area (Å²) >= 11 is 7.11. The van der Waals surface area contributed by atoms with Gasteiger partial charge < -0.3 is 5.32 Å². The number of aromatic nitrogens is 1. The van der Waals surface area contributed by atoms with E-state index >= 15 is 0 Å². The fourth-order valence-corrected chi connectivity index (χ4v) is 4.16. The highest BCUT2D eigenvalue weighted by atomic mass is 79.9. The quantitative estimate of drug-likeness (QED) is 0.752. The molecule has 1 aromatic heterocycles. The Morgan fingerprint density at radius 1 is 1.24 bits per heavy atom. The minimum absolute atomic E-state index is 0.115. The van der Waals surface area contributed by atoms with Crippen LogP contribution < -0.4 is 5.32 Å². The molecule has 1 aromatic carbocycles. The van der Waals surface area contributed by atoms with E-state index in [4.69, 9.17) is 0 Å². The summed E-state index contributed by atoms with van der Waals surface area (Å²) < 4.78 is 2.01. The number of pyridine rings is 1. The van der Waals surface area contributed by atoms with E-state index in [1.54, 1.807) is 0 Å². The van der Waals surface area contributed by atoms with Crippen LogP contribution in [0.15, 0.2) is 45.5 Å². The van der Waals surface area contributed by atoms with Crippen LogP contribution in [0, 0.1) is 0 Å². The molecule has 1 atom stereocenters. The van der Waals surface area contributed by atoms with Crippen molar-refractivity contribution in [1.29, 1.82) is 0 Å². The van der Waals surface area contributed by atoms with E-state index < -0.39 is 0 Å². The molecule has 1 fully saturated rings. The second-order valence-electron chi connectivity index (χ2n) is 5.50. The van der Waals surface area contributed by atoms with Crippen molar-refractivity contribution in [1.82, 2.24) is 10.3 Å². The molecule has 4 heteroatoms. The van der Waals surface area contributed by atoms with Crippen LogP contribution in [-0.4, -0.2) is 12.0 Å². The molecule has 1 unspecified atom stereocenters. The zero-order valence-corrected chi connectivity index (χ0v) is 15.1. The topological polar surface area (TPSA) is 24.9 Å². The molecule has 1 aliphatic carbocycles. The van der Waals surface area contributed by atoms with Gasteiger partial charge in [0.15, 0.2) is 0 Å². The van der Waals surface area contributed by atoms with Gasteiger partial charge in [-0.15, -0.1) is 0 Å². The van der Waals surface area contributed by atoms with Gasteiger partial charge in [-0.25, -0.2) is 0 Å². The van der Waals surface area contributed by atoms with Crippen molar-refractivity contribution >= 4 is 31.9 Å². The van der Waals surface area contributed by atoms with Gasteiger partial charge in [0.1, 0.15) is 0 Å². The number of hydrogen-bond donors (Lipinski definition) is 1. The minimum atomic E-state index is 0.115. The fraction of sp³-hybridized carbons (Fsp3) is 0.353. The molecule has 110 valence electrons. The first-order valence-electron chi connectivity index (χ1n) is 7.27. The lowest BCUT2D eigenvalue weighted by Gasteiger charge is -2.30. The van der Waals surface area contributed by atoms with Crippen LogP contribution >= 0.6 is 31.9 Å². The van der Waals surface area contributed by atoms with Gasteiger partial charge in [-0.1, -0.05) is 30.7 Å². The van der Waals surface area contributed by atoms with E-state index in [1.165, 1.54) is 30.4 Å². The van der Waals surface area contributed by atoms with Gasteiger partial charge in [-0.2, -0.15) is 0 Å². The van der Waals surface area contributed by atoms with Gasteiger partial charge in [0, 0.05) is 15.1 Å². The molecular weight excluding hydrogens is 392 g/mol. The van der Waals surface area contributed by atoms with E-state index in [-0.39, 0.29) is 6.04 Å². The van der Waals surface area contributed by atoms with Crippen molar-refractivity contribution in [3.63, 3.8) is 0 Å². The van der Waals surface area contributed by atoms with E-state index in [9.17, 15) is 0 Å². The number of benzene rings is 1. The van der Waals surface area contributed by atoms with Gasteiger partial charge >= 0.3 is 0 Å². The summed E-state index contributed by atoms with van der Waals surface area (Å²) in [6.45, 7) is 0. The van der Waals surface area contributed by atoms with Crippen LogP contribution in [-0.2, 0) is 0 Å². The lowest BCUT2D eigenvalue weighted by Crippen LogP contribution is -2.23. The summed E-state index contributed by atoms with van der Waals surface area (Å²) in [7, 11) is 2.00. The van der Waals surface area contributed by atoms with Gasteiger partial charge in [-0.05, 0) is 74.9 Å². The average Bonchev–Trinajstić information content (AvgIpc) is 2.41. The van der Waals surface area contributed by atoms with Gasteiger partial charge in [0.25, 0.3) is 0 Å². The van der Waals surface area contributed by atoms with Crippen molar-refractivity contribution in [3.8, 4) is 0 Å². The summed E-state index contributed by atoms with van der Waals surface area (Å²) in [5, 5.41) is 3.43. The maximum atomic E-state index is 4.61. The standard InChI is InChI=1S/C17H18Br2N2/c1-20-16(17-15(19)9-12(18)10-21-17)14-8-3-2-7-13(14)11-5-4-6-11/h2-3,7-11,16,20H,4-6H2,1H3. The Kier molecular flexibility index (Phi) is 4.77. The van der Waals surface area contributed by atoms with Crippen LogP contribution in [0.25, 0.3) is 0 Å². The molecule has 1 heterocycles. The number of halogens is 2. The summed E-state index contributed by atoms with van der Waals surface area (Å²) in [6.07, 6.45) is 5.82. The van der Waals surface area contributed by atoms with Crippen LogP contribution in [0.1, 0.15) is 48.0 Å². The first kappa shape index (κ1) is 15.2. The molecule has 2 aromatic rings. The van der Waals surface area contributed by atoms with E-state index in [0.717, 1.165) is 14.6 Å². The normalized spacial score (nSPS) is 16.5.